The summed E-state index contributed by atoms with van der Waals surface area (Å²) in [5, 5.41) is 2.29. The minimum absolute atomic E-state index is 0.0974. The van der Waals surface area contributed by atoms with E-state index in [0.717, 1.165) is 6.07 Å². The molecule has 1 rings (SSSR count). The van der Waals surface area contributed by atoms with E-state index in [9.17, 15) is 18.8 Å². The third-order valence-corrected chi connectivity index (χ3v) is 2.58. The van der Waals surface area contributed by atoms with Crippen LogP contribution >= 0.6 is 0 Å². The predicted molar refractivity (Wildman–Crippen MR) is 73.0 cm³/mol. The number of likely N-dealkylation sites (N-methyl/N-ethyl adjacent to an activating group) is 1. The number of benzene rings is 1. The van der Waals surface area contributed by atoms with Gasteiger partial charge in [0.05, 0.1) is 0 Å². The molecule has 1 aromatic rings. The first-order valence-corrected chi connectivity index (χ1v) is 6.25. The second kappa shape index (κ2) is 7.37. The van der Waals surface area contributed by atoms with Gasteiger partial charge in [0.2, 0.25) is 0 Å². The molecule has 6 nitrogen and oxygen atoms in total. The number of nitrogens with zero attached hydrogens (tertiary/aromatic N) is 1. The Hall–Kier alpha value is -2.44. The maximum atomic E-state index is 12.9. The summed E-state index contributed by atoms with van der Waals surface area (Å²) in [5.41, 5.74) is 0.0974. The van der Waals surface area contributed by atoms with Gasteiger partial charge < -0.3 is 15.0 Å². The van der Waals surface area contributed by atoms with Crippen molar-refractivity contribution in [1.82, 2.24) is 10.2 Å². The summed E-state index contributed by atoms with van der Waals surface area (Å²) in [6.07, 6.45) is -0.932. The molecule has 114 valence electrons. The highest BCUT2D eigenvalue weighted by Crippen LogP contribution is 2.03. The maximum Gasteiger partial charge on any atom is 0.326 e. The second-order valence-electron chi connectivity index (χ2n) is 4.56. The third-order valence-electron chi connectivity index (χ3n) is 2.58. The van der Waals surface area contributed by atoms with E-state index in [-0.39, 0.29) is 11.5 Å². The lowest BCUT2D eigenvalue weighted by molar-refractivity contribution is -0.157. The van der Waals surface area contributed by atoms with Crippen LogP contribution in [0.1, 0.15) is 17.3 Å². The van der Waals surface area contributed by atoms with Crippen LogP contribution in [0.3, 0.4) is 0 Å². The Morgan fingerprint density at radius 3 is 2.57 bits per heavy atom. The van der Waals surface area contributed by atoms with Crippen molar-refractivity contribution in [1.29, 1.82) is 0 Å². The van der Waals surface area contributed by atoms with Crippen molar-refractivity contribution in [2.24, 2.45) is 0 Å². The predicted octanol–water partition coefficient (Wildman–Crippen LogP) is 0.575. The first-order valence-electron chi connectivity index (χ1n) is 6.25. The molecule has 7 heteroatoms. The summed E-state index contributed by atoms with van der Waals surface area (Å²) in [7, 11) is 3.08. The van der Waals surface area contributed by atoms with Crippen LogP contribution in [0.2, 0.25) is 0 Å². The first kappa shape index (κ1) is 16.6. The molecule has 0 fully saturated rings. The Labute approximate surface area is 121 Å². The summed E-state index contributed by atoms with van der Waals surface area (Å²) >= 11 is 0. The molecule has 1 aromatic carbocycles. The molecule has 21 heavy (non-hydrogen) atoms. The van der Waals surface area contributed by atoms with Gasteiger partial charge in [-0.15, -0.1) is 0 Å². The highest BCUT2D eigenvalue weighted by molar-refractivity contribution is 5.96. The van der Waals surface area contributed by atoms with Crippen LogP contribution in [-0.4, -0.2) is 49.4 Å². The van der Waals surface area contributed by atoms with E-state index in [1.54, 1.807) is 14.1 Å². The maximum absolute atomic E-state index is 12.9. The summed E-state index contributed by atoms with van der Waals surface area (Å²) in [6, 6.07) is 5.07. The molecule has 0 aliphatic carbocycles. The van der Waals surface area contributed by atoms with Gasteiger partial charge in [-0.1, -0.05) is 6.07 Å². The van der Waals surface area contributed by atoms with Gasteiger partial charge in [-0.3, -0.25) is 14.4 Å². The quantitative estimate of drug-likeness (QED) is 0.806. The zero-order valence-corrected chi connectivity index (χ0v) is 12.1. The zero-order valence-electron chi connectivity index (χ0n) is 12.1. The van der Waals surface area contributed by atoms with Crippen molar-refractivity contribution in [3.8, 4) is 0 Å². The lowest BCUT2D eigenvalue weighted by atomic mass is 10.2. The van der Waals surface area contributed by atoms with Gasteiger partial charge in [-0.2, -0.15) is 0 Å². The molecule has 1 N–H and O–H groups in total. The fraction of sp³-hybridized carbons (Fsp3) is 0.357. The molecule has 0 heterocycles. The second-order valence-corrected chi connectivity index (χ2v) is 4.56. The van der Waals surface area contributed by atoms with E-state index >= 15 is 0 Å². The number of carbonyl (C=O) groups excluding carboxylic acids is 3. The summed E-state index contributed by atoms with van der Waals surface area (Å²) in [6.45, 7) is 1.04. The smallest absolute Gasteiger partial charge is 0.326 e. The van der Waals surface area contributed by atoms with Crippen LogP contribution in [0, 0.1) is 5.82 Å². The van der Waals surface area contributed by atoms with Gasteiger partial charge in [-0.25, -0.2) is 4.39 Å². The summed E-state index contributed by atoms with van der Waals surface area (Å²) in [4.78, 5) is 36.0. The van der Waals surface area contributed by atoms with Gasteiger partial charge in [0.1, 0.15) is 12.4 Å². The Morgan fingerprint density at radius 1 is 1.33 bits per heavy atom. The average Bonchev–Trinajstić information content (AvgIpc) is 2.43. The van der Waals surface area contributed by atoms with E-state index in [1.807, 2.05) is 0 Å². The minimum atomic E-state index is -0.932. The number of hydrogen-bond donors (Lipinski definition) is 1. The number of carbonyl (C=O) groups is 3. The van der Waals surface area contributed by atoms with Crippen LogP contribution in [0.15, 0.2) is 24.3 Å². The SMILES string of the molecule is C[C@@H](OC(=O)CNC(=O)c1cccc(F)c1)C(=O)N(C)C. The van der Waals surface area contributed by atoms with Crippen LogP contribution < -0.4 is 5.32 Å². The fourth-order valence-electron chi connectivity index (χ4n) is 1.54. The normalized spacial score (nSPS) is 11.4. The van der Waals surface area contributed by atoms with Gasteiger partial charge in [0, 0.05) is 19.7 Å². The number of ether oxygens (including phenoxy) is 1. The molecule has 0 aliphatic rings. The number of rotatable bonds is 5. The Kier molecular flexibility index (Phi) is 5.83. The van der Waals surface area contributed by atoms with Crippen LogP contribution in [0.5, 0.6) is 0 Å². The molecule has 1 atom stereocenters. The van der Waals surface area contributed by atoms with Crippen molar-refractivity contribution >= 4 is 17.8 Å². The van der Waals surface area contributed by atoms with Crippen molar-refractivity contribution in [2.45, 2.75) is 13.0 Å². The van der Waals surface area contributed by atoms with Gasteiger partial charge in [0.15, 0.2) is 6.10 Å². The van der Waals surface area contributed by atoms with Gasteiger partial charge in [0.25, 0.3) is 11.8 Å². The molecule has 0 aromatic heterocycles. The van der Waals surface area contributed by atoms with Crippen LogP contribution in [-0.2, 0) is 14.3 Å². The van der Waals surface area contributed by atoms with Crippen molar-refractivity contribution in [3.63, 3.8) is 0 Å². The molecule has 0 aliphatic heterocycles. The molecule has 0 saturated heterocycles. The standard InChI is InChI=1S/C14H17FN2O4/c1-9(14(20)17(2)3)21-12(18)8-16-13(19)10-5-4-6-11(15)7-10/h4-7,9H,8H2,1-3H3,(H,16,19)/t9-/m1/s1. The average molecular weight is 296 g/mol. The monoisotopic (exact) mass is 296 g/mol. The fourth-order valence-corrected chi connectivity index (χ4v) is 1.54. The van der Waals surface area contributed by atoms with Gasteiger partial charge in [-0.05, 0) is 25.1 Å². The van der Waals surface area contributed by atoms with Crippen molar-refractivity contribution in [3.05, 3.63) is 35.6 Å². The van der Waals surface area contributed by atoms with E-state index in [4.69, 9.17) is 4.74 Å². The number of esters is 1. The Balaban J connectivity index is 2.46. The Bertz CT molecular complexity index is 546. The number of halogens is 1. The highest BCUT2D eigenvalue weighted by Gasteiger charge is 2.19. The van der Waals surface area contributed by atoms with E-state index in [0.29, 0.717) is 0 Å². The lowest BCUT2D eigenvalue weighted by Crippen LogP contribution is -2.38. The first-order chi connectivity index (χ1) is 9.81. The van der Waals surface area contributed by atoms with Crippen molar-refractivity contribution in [2.75, 3.05) is 20.6 Å². The largest absolute Gasteiger partial charge is 0.451 e. The molecule has 0 spiro atoms. The molecule has 0 radical (unpaired) electrons. The zero-order chi connectivity index (χ0) is 16.0. The lowest BCUT2D eigenvalue weighted by Gasteiger charge is -2.17. The van der Waals surface area contributed by atoms with Crippen molar-refractivity contribution < 1.29 is 23.5 Å². The van der Waals surface area contributed by atoms with Gasteiger partial charge >= 0.3 is 5.97 Å². The van der Waals surface area contributed by atoms with E-state index in [1.165, 1.54) is 30.0 Å². The van der Waals surface area contributed by atoms with Crippen LogP contribution in [0.25, 0.3) is 0 Å². The number of nitrogens with one attached hydrogen (secondary N) is 1. The summed E-state index contributed by atoms with van der Waals surface area (Å²) < 4.78 is 17.8. The minimum Gasteiger partial charge on any atom is -0.451 e. The molecule has 2 amide bonds. The molecular formula is C14H17FN2O4. The molecular weight excluding hydrogens is 279 g/mol. The molecule has 0 saturated carbocycles. The third kappa shape index (κ3) is 5.21. The van der Waals surface area contributed by atoms with E-state index < -0.39 is 30.3 Å². The van der Waals surface area contributed by atoms with Crippen LogP contribution in [0.4, 0.5) is 4.39 Å². The van der Waals surface area contributed by atoms with E-state index in [2.05, 4.69) is 5.32 Å². The number of amides is 2. The molecule has 0 unspecified atom stereocenters. The summed E-state index contributed by atoms with van der Waals surface area (Å²) in [5.74, 6) is -2.25. The Morgan fingerprint density at radius 2 is 2.00 bits per heavy atom. The molecule has 0 bridgehead atoms. The topological polar surface area (TPSA) is 75.7 Å². The highest BCUT2D eigenvalue weighted by atomic mass is 19.1. The number of hydrogen-bond acceptors (Lipinski definition) is 4.